The molecule has 2 atom stereocenters. The second-order valence-electron chi connectivity index (χ2n) is 12.2. The van der Waals surface area contributed by atoms with Gasteiger partial charge in [0.25, 0.3) is 0 Å². The summed E-state index contributed by atoms with van der Waals surface area (Å²) < 4.78 is 45.3. The third-order valence-corrected chi connectivity index (χ3v) is 7.73. The minimum absolute atomic E-state index is 0.0317. The molecule has 2 unspecified atom stereocenters. The van der Waals surface area contributed by atoms with Crippen LogP contribution in [0.1, 0.15) is 32.8 Å². The molecule has 5 rings (SSSR count). The summed E-state index contributed by atoms with van der Waals surface area (Å²) in [6.45, 7) is 5.32. The van der Waals surface area contributed by atoms with E-state index in [1.165, 1.54) is 25.4 Å². The Morgan fingerprint density at radius 2 is 1.83 bits per heavy atom. The quantitative estimate of drug-likeness (QED) is 0.206. The molecule has 0 saturated carbocycles. The molecule has 12 heteroatoms. The van der Waals surface area contributed by atoms with Crippen molar-refractivity contribution in [2.45, 2.75) is 38.8 Å². The van der Waals surface area contributed by atoms with Crippen molar-refractivity contribution in [2.24, 2.45) is 5.92 Å². The fourth-order valence-corrected chi connectivity index (χ4v) is 5.77. The van der Waals surface area contributed by atoms with Crippen LogP contribution in [0.2, 0.25) is 0 Å². The lowest BCUT2D eigenvalue weighted by Crippen LogP contribution is -2.54. The van der Waals surface area contributed by atoms with Crippen LogP contribution in [0.3, 0.4) is 0 Å². The van der Waals surface area contributed by atoms with Crippen LogP contribution in [0.5, 0.6) is 5.75 Å². The number of rotatable bonds is 8. The molecule has 0 spiro atoms. The van der Waals surface area contributed by atoms with Crippen molar-refractivity contribution in [3.63, 3.8) is 0 Å². The summed E-state index contributed by atoms with van der Waals surface area (Å²) in [7, 11) is 1.47. The van der Waals surface area contributed by atoms with E-state index < -0.39 is 41.3 Å². The Balaban J connectivity index is 1.66. The van der Waals surface area contributed by atoms with Crippen molar-refractivity contribution < 1.29 is 37.7 Å². The minimum Gasteiger partial charge on any atom is -0.481 e. The van der Waals surface area contributed by atoms with E-state index in [0.29, 0.717) is 51.1 Å². The molecule has 10 nitrogen and oxygen atoms in total. The number of benzene rings is 3. The van der Waals surface area contributed by atoms with Crippen molar-refractivity contribution in [1.82, 2.24) is 10.3 Å². The van der Waals surface area contributed by atoms with E-state index in [-0.39, 0.29) is 25.3 Å². The second kappa shape index (κ2) is 13.6. The van der Waals surface area contributed by atoms with Crippen LogP contribution < -0.4 is 15.0 Å². The number of carboxylic acid groups (broad SMARTS) is 1. The monoisotopic (exact) mass is 644 g/mol. The maximum atomic E-state index is 14.5. The number of amides is 1. The van der Waals surface area contributed by atoms with Crippen LogP contribution >= 0.6 is 0 Å². The van der Waals surface area contributed by atoms with Crippen LogP contribution in [0, 0.1) is 28.9 Å². The Kier molecular flexibility index (Phi) is 9.58. The maximum absolute atomic E-state index is 14.5. The number of carbonyl (C=O) groups is 2. The molecule has 2 N–H and O–H groups in total. The number of piperidine rings is 1. The van der Waals surface area contributed by atoms with Gasteiger partial charge in [-0.25, -0.2) is 13.6 Å². The highest BCUT2D eigenvalue weighted by molar-refractivity contribution is 6.02. The highest BCUT2D eigenvalue weighted by Crippen LogP contribution is 2.42. The topological polar surface area (TPSA) is 134 Å². The average Bonchev–Trinajstić information content (AvgIpc) is 3.01. The lowest BCUT2D eigenvalue weighted by Gasteiger charge is -2.39. The summed E-state index contributed by atoms with van der Waals surface area (Å²) in [6, 6.07) is 15.1. The Morgan fingerprint density at radius 3 is 2.49 bits per heavy atom. The van der Waals surface area contributed by atoms with Gasteiger partial charge in [0, 0.05) is 55.0 Å². The summed E-state index contributed by atoms with van der Waals surface area (Å²) in [5.41, 5.74) is 2.44. The van der Waals surface area contributed by atoms with E-state index in [1.54, 1.807) is 45.0 Å². The van der Waals surface area contributed by atoms with Crippen molar-refractivity contribution in [1.29, 1.82) is 5.26 Å². The van der Waals surface area contributed by atoms with Gasteiger partial charge in [-0.15, -0.1) is 0 Å². The first kappa shape index (κ1) is 33.1. The first-order valence-corrected chi connectivity index (χ1v) is 14.9. The van der Waals surface area contributed by atoms with E-state index in [1.807, 2.05) is 17.0 Å². The van der Waals surface area contributed by atoms with Gasteiger partial charge in [0.05, 0.1) is 22.7 Å². The number of ether oxygens (including phenoxy) is 3. The molecule has 3 aromatic carbocycles. The van der Waals surface area contributed by atoms with E-state index in [9.17, 15) is 28.7 Å². The third-order valence-electron chi connectivity index (χ3n) is 7.73. The number of anilines is 1. The number of hydrogen-bond acceptors (Lipinski definition) is 8. The molecular formula is C35H34F2N4O6. The number of halogens is 2. The summed E-state index contributed by atoms with van der Waals surface area (Å²) in [5, 5.41) is 23.3. The number of alkyl carbamates (subject to hydrolysis) is 1. The zero-order chi connectivity index (χ0) is 33.9. The van der Waals surface area contributed by atoms with Crippen LogP contribution in [0.25, 0.3) is 33.2 Å². The molecule has 0 bridgehead atoms. The van der Waals surface area contributed by atoms with Crippen LogP contribution in [-0.4, -0.2) is 60.8 Å². The average molecular weight is 645 g/mol. The Labute approximate surface area is 270 Å². The minimum atomic E-state index is -1.12. The fraction of sp³-hybridized carbons (Fsp3) is 0.314. The van der Waals surface area contributed by atoms with Gasteiger partial charge in [-0.05, 0) is 68.7 Å². The van der Waals surface area contributed by atoms with Gasteiger partial charge >= 0.3 is 12.1 Å². The van der Waals surface area contributed by atoms with Crippen molar-refractivity contribution in [3.05, 3.63) is 78.0 Å². The summed E-state index contributed by atoms with van der Waals surface area (Å²) in [6.07, 6.45) is 1.04. The predicted octanol–water partition coefficient (Wildman–Crippen LogP) is 6.51. The number of nitriles is 1. The molecule has 1 saturated heterocycles. The Bertz CT molecular complexity index is 1850. The first-order valence-electron chi connectivity index (χ1n) is 14.9. The highest BCUT2D eigenvalue weighted by Gasteiger charge is 2.37. The number of para-hydroxylation sites is 1. The molecule has 47 heavy (non-hydrogen) atoms. The first-order chi connectivity index (χ1) is 22.4. The predicted molar refractivity (Wildman–Crippen MR) is 171 cm³/mol. The number of aliphatic carboxylic acids is 1. The third kappa shape index (κ3) is 7.42. The maximum Gasteiger partial charge on any atom is 0.407 e. The van der Waals surface area contributed by atoms with Gasteiger partial charge in [0.1, 0.15) is 29.1 Å². The number of carbonyl (C=O) groups excluding carboxylic acids is 1. The Hall–Kier alpha value is -5.28. The smallest absolute Gasteiger partial charge is 0.407 e. The van der Waals surface area contributed by atoms with Gasteiger partial charge in [0.2, 0.25) is 0 Å². The van der Waals surface area contributed by atoms with Crippen molar-refractivity contribution in [3.8, 4) is 34.1 Å². The fourth-order valence-electron chi connectivity index (χ4n) is 5.77. The number of pyridine rings is 1. The molecule has 2 heterocycles. The largest absolute Gasteiger partial charge is 0.481 e. The molecular weight excluding hydrogens is 610 g/mol. The van der Waals surface area contributed by atoms with E-state index in [4.69, 9.17) is 14.2 Å². The molecule has 1 aliphatic heterocycles. The summed E-state index contributed by atoms with van der Waals surface area (Å²) >= 11 is 0. The zero-order valence-electron chi connectivity index (χ0n) is 26.3. The van der Waals surface area contributed by atoms with Crippen LogP contribution in [0.15, 0.2) is 60.8 Å². The number of nitrogens with one attached hydrogen (secondary N) is 1. The lowest BCUT2D eigenvalue weighted by atomic mass is 9.90. The number of methoxy groups -OCH3 is 1. The molecule has 0 radical (unpaired) electrons. The van der Waals surface area contributed by atoms with Gasteiger partial charge in [-0.1, -0.05) is 18.2 Å². The number of hydrogen-bond donors (Lipinski definition) is 2. The standard InChI is InChI=1S/C35H34F2N4O6/c1-35(2,3)47-34(44)40-30-10-11-41(18-28(30)33(42)43)31-26-14-20(25-7-5-6-21(16-38)32(25)46-19-45-4)8-9-29(26)39-17-27(31)22-12-23(36)15-24(37)13-22/h5-9,12-15,17,28,30H,10-11,18-19H2,1-4H3,(H,40,44)(H,42,43). The number of aromatic nitrogens is 1. The molecule has 0 aliphatic carbocycles. The van der Waals surface area contributed by atoms with Gasteiger partial charge in [-0.2, -0.15) is 5.26 Å². The van der Waals surface area contributed by atoms with E-state index in [0.717, 1.165) is 6.07 Å². The van der Waals surface area contributed by atoms with Gasteiger partial charge in [-0.3, -0.25) is 9.78 Å². The Morgan fingerprint density at radius 1 is 1.09 bits per heavy atom. The van der Waals surface area contributed by atoms with Gasteiger partial charge in [0.15, 0.2) is 6.79 Å². The molecule has 1 aliphatic rings. The zero-order valence-corrected chi connectivity index (χ0v) is 26.3. The van der Waals surface area contributed by atoms with Crippen LogP contribution in [0.4, 0.5) is 19.3 Å². The SMILES string of the molecule is COCOc1c(C#N)cccc1-c1ccc2ncc(-c3cc(F)cc(F)c3)c(N3CCC(NC(=O)OC(C)(C)C)C(C(=O)O)C3)c2c1. The second-order valence-corrected chi connectivity index (χ2v) is 12.2. The molecule has 1 aromatic heterocycles. The number of carboxylic acids is 1. The van der Waals surface area contributed by atoms with Crippen molar-refractivity contribution in [2.75, 3.05) is 31.9 Å². The van der Waals surface area contributed by atoms with Crippen molar-refractivity contribution >= 4 is 28.7 Å². The van der Waals surface area contributed by atoms with E-state index in [2.05, 4.69) is 16.4 Å². The molecule has 244 valence electrons. The summed E-state index contributed by atoms with van der Waals surface area (Å²) in [5.74, 6) is -3.41. The van der Waals surface area contributed by atoms with E-state index >= 15 is 0 Å². The molecule has 1 fully saturated rings. The van der Waals surface area contributed by atoms with Crippen LogP contribution in [-0.2, 0) is 14.3 Å². The normalized spacial score (nSPS) is 16.4. The summed E-state index contributed by atoms with van der Waals surface area (Å²) in [4.78, 5) is 31.6. The lowest BCUT2D eigenvalue weighted by molar-refractivity contribution is -0.142. The van der Waals surface area contributed by atoms with Gasteiger partial charge < -0.3 is 29.5 Å². The number of nitrogens with zero attached hydrogens (tertiary/aromatic N) is 3. The highest BCUT2D eigenvalue weighted by atomic mass is 19.1. The number of fused-ring (bicyclic) bond motifs is 1. The molecule has 4 aromatic rings. The molecule has 1 amide bonds.